The van der Waals surface area contributed by atoms with Crippen molar-refractivity contribution in [3.63, 3.8) is 0 Å². The largest absolute Gasteiger partial charge is 0.496 e. The molecule has 0 amide bonds. The zero-order chi connectivity index (χ0) is 15.0. The average molecular weight is 277 g/mol. The van der Waals surface area contributed by atoms with Gasteiger partial charge in [0, 0.05) is 11.6 Å². The standard InChI is InChI=1S/C18H31NO/c1-6-8-9-10-16(19-11-7-2)18-15(4)12-14(3)13-17(18)20-5/h12-13,16,19H,6-11H2,1-5H3. The predicted octanol–water partition coefficient (Wildman–Crippen LogP) is 4.93. The Hall–Kier alpha value is -1.02. The van der Waals surface area contributed by atoms with Gasteiger partial charge in [-0.15, -0.1) is 0 Å². The molecule has 2 nitrogen and oxygen atoms in total. The van der Waals surface area contributed by atoms with Gasteiger partial charge in [-0.2, -0.15) is 0 Å². The molecule has 1 rings (SSSR count). The number of nitrogens with one attached hydrogen (secondary N) is 1. The number of hydrogen-bond donors (Lipinski definition) is 1. The van der Waals surface area contributed by atoms with Gasteiger partial charge >= 0.3 is 0 Å². The fourth-order valence-corrected chi connectivity index (χ4v) is 2.82. The van der Waals surface area contributed by atoms with Crippen LogP contribution in [0.25, 0.3) is 0 Å². The molecule has 1 aromatic carbocycles. The van der Waals surface area contributed by atoms with Crippen molar-refractivity contribution in [3.8, 4) is 5.75 Å². The molecule has 0 heterocycles. The molecule has 1 aromatic rings. The number of unbranched alkanes of at least 4 members (excludes halogenated alkanes) is 2. The first-order valence-electron chi connectivity index (χ1n) is 8.02. The molecule has 0 saturated heterocycles. The Kier molecular flexibility index (Phi) is 7.68. The lowest BCUT2D eigenvalue weighted by molar-refractivity contribution is 0.390. The molecular weight excluding hydrogens is 246 g/mol. The molecule has 114 valence electrons. The highest BCUT2D eigenvalue weighted by atomic mass is 16.5. The quantitative estimate of drug-likeness (QED) is 0.646. The van der Waals surface area contributed by atoms with E-state index < -0.39 is 0 Å². The summed E-state index contributed by atoms with van der Waals surface area (Å²) in [6.07, 6.45) is 6.20. The van der Waals surface area contributed by atoms with Crippen molar-refractivity contribution in [2.24, 2.45) is 0 Å². The molecule has 0 aliphatic rings. The Morgan fingerprint density at radius 3 is 2.45 bits per heavy atom. The summed E-state index contributed by atoms with van der Waals surface area (Å²) in [5, 5.41) is 3.70. The third-order valence-electron chi connectivity index (χ3n) is 3.80. The number of methoxy groups -OCH3 is 1. The van der Waals surface area contributed by atoms with Gasteiger partial charge in [-0.05, 0) is 50.4 Å². The van der Waals surface area contributed by atoms with Gasteiger partial charge in [-0.3, -0.25) is 0 Å². The van der Waals surface area contributed by atoms with Gasteiger partial charge in [0.15, 0.2) is 0 Å². The van der Waals surface area contributed by atoms with E-state index in [9.17, 15) is 0 Å². The van der Waals surface area contributed by atoms with Crippen LogP contribution in [0.1, 0.15) is 68.7 Å². The first kappa shape index (κ1) is 17.0. The summed E-state index contributed by atoms with van der Waals surface area (Å²) in [4.78, 5) is 0. The van der Waals surface area contributed by atoms with Gasteiger partial charge in [-0.25, -0.2) is 0 Å². The van der Waals surface area contributed by atoms with Crippen LogP contribution < -0.4 is 10.1 Å². The summed E-state index contributed by atoms with van der Waals surface area (Å²) < 4.78 is 5.63. The van der Waals surface area contributed by atoms with Crippen molar-refractivity contribution in [1.29, 1.82) is 0 Å². The van der Waals surface area contributed by atoms with E-state index in [-0.39, 0.29) is 0 Å². The minimum absolute atomic E-state index is 0.414. The smallest absolute Gasteiger partial charge is 0.124 e. The molecule has 0 radical (unpaired) electrons. The lowest BCUT2D eigenvalue weighted by Gasteiger charge is -2.24. The highest BCUT2D eigenvalue weighted by molar-refractivity contribution is 5.45. The van der Waals surface area contributed by atoms with Crippen LogP contribution in [0.3, 0.4) is 0 Å². The minimum Gasteiger partial charge on any atom is -0.496 e. The van der Waals surface area contributed by atoms with Crippen molar-refractivity contribution >= 4 is 0 Å². The van der Waals surface area contributed by atoms with Crippen molar-refractivity contribution in [2.75, 3.05) is 13.7 Å². The van der Waals surface area contributed by atoms with E-state index in [4.69, 9.17) is 4.74 Å². The molecule has 0 aliphatic heterocycles. The van der Waals surface area contributed by atoms with Crippen LogP contribution in [0.5, 0.6) is 5.75 Å². The second kappa shape index (κ2) is 9.02. The fourth-order valence-electron chi connectivity index (χ4n) is 2.82. The van der Waals surface area contributed by atoms with E-state index in [2.05, 4.69) is 45.1 Å². The van der Waals surface area contributed by atoms with Crippen LogP contribution in [0.2, 0.25) is 0 Å². The van der Waals surface area contributed by atoms with Gasteiger partial charge < -0.3 is 10.1 Å². The maximum absolute atomic E-state index is 5.63. The third-order valence-corrected chi connectivity index (χ3v) is 3.80. The van der Waals surface area contributed by atoms with Gasteiger partial charge in [0.05, 0.1) is 7.11 Å². The van der Waals surface area contributed by atoms with Gasteiger partial charge in [0.2, 0.25) is 0 Å². The Morgan fingerprint density at radius 1 is 1.10 bits per heavy atom. The summed E-state index contributed by atoms with van der Waals surface area (Å²) in [6.45, 7) is 9.87. The van der Waals surface area contributed by atoms with Gasteiger partial charge in [-0.1, -0.05) is 39.2 Å². The van der Waals surface area contributed by atoms with Gasteiger partial charge in [0.25, 0.3) is 0 Å². The third kappa shape index (κ3) is 4.82. The lowest BCUT2D eigenvalue weighted by Crippen LogP contribution is -2.23. The number of rotatable bonds is 9. The molecule has 0 spiro atoms. The molecule has 1 atom stereocenters. The van der Waals surface area contributed by atoms with Crippen LogP contribution in [-0.4, -0.2) is 13.7 Å². The lowest BCUT2D eigenvalue weighted by atomic mass is 9.94. The van der Waals surface area contributed by atoms with Crippen LogP contribution in [0.4, 0.5) is 0 Å². The topological polar surface area (TPSA) is 21.3 Å². The molecule has 1 unspecified atom stereocenters. The van der Waals surface area contributed by atoms with E-state index in [1.54, 1.807) is 7.11 Å². The summed E-state index contributed by atoms with van der Waals surface area (Å²) >= 11 is 0. The maximum atomic E-state index is 5.63. The van der Waals surface area contributed by atoms with Crippen molar-refractivity contribution in [3.05, 3.63) is 28.8 Å². The van der Waals surface area contributed by atoms with Crippen molar-refractivity contribution in [2.45, 2.75) is 65.8 Å². The molecule has 0 bridgehead atoms. The second-order valence-corrected chi connectivity index (χ2v) is 5.70. The van der Waals surface area contributed by atoms with Crippen molar-refractivity contribution < 1.29 is 4.74 Å². The summed E-state index contributed by atoms with van der Waals surface area (Å²) in [5.41, 5.74) is 3.96. The molecule has 20 heavy (non-hydrogen) atoms. The molecule has 0 saturated carbocycles. The highest BCUT2D eigenvalue weighted by Gasteiger charge is 2.18. The van der Waals surface area contributed by atoms with E-state index in [0.29, 0.717) is 6.04 Å². The molecular formula is C18H31NO. The molecule has 0 aliphatic carbocycles. The number of hydrogen-bond acceptors (Lipinski definition) is 2. The zero-order valence-electron chi connectivity index (χ0n) is 13.9. The molecule has 1 N–H and O–H groups in total. The first-order valence-corrected chi connectivity index (χ1v) is 8.02. The average Bonchev–Trinajstić information content (AvgIpc) is 2.42. The minimum atomic E-state index is 0.414. The maximum Gasteiger partial charge on any atom is 0.124 e. The first-order chi connectivity index (χ1) is 9.63. The Labute approximate surface area is 124 Å². The number of ether oxygens (including phenoxy) is 1. The molecule has 0 fully saturated rings. The number of aryl methyl sites for hydroxylation is 2. The normalized spacial score (nSPS) is 12.4. The fraction of sp³-hybridized carbons (Fsp3) is 0.667. The number of benzene rings is 1. The molecule has 2 heteroatoms. The summed E-state index contributed by atoms with van der Waals surface area (Å²) in [5.74, 6) is 1.03. The van der Waals surface area contributed by atoms with Crippen molar-refractivity contribution in [1.82, 2.24) is 5.32 Å². The van der Waals surface area contributed by atoms with E-state index in [0.717, 1.165) is 18.7 Å². The predicted molar refractivity (Wildman–Crippen MR) is 87.6 cm³/mol. The molecule has 0 aromatic heterocycles. The Morgan fingerprint density at radius 2 is 1.85 bits per heavy atom. The van der Waals surface area contributed by atoms with E-state index in [1.165, 1.54) is 42.4 Å². The van der Waals surface area contributed by atoms with Crippen LogP contribution in [-0.2, 0) is 0 Å². The van der Waals surface area contributed by atoms with E-state index >= 15 is 0 Å². The monoisotopic (exact) mass is 277 g/mol. The summed E-state index contributed by atoms with van der Waals surface area (Å²) in [6, 6.07) is 4.83. The van der Waals surface area contributed by atoms with Gasteiger partial charge in [0.1, 0.15) is 5.75 Å². The highest BCUT2D eigenvalue weighted by Crippen LogP contribution is 2.32. The van der Waals surface area contributed by atoms with Crippen LogP contribution >= 0.6 is 0 Å². The van der Waals surface area contributed by atoms with E-state index in [1.807, 2.05) is 0 Å². The van der Waals surface area contributed by atoms with Crippen LogP contribution in [0.15, 0.2) is 12.1 Å². The second-order valence-electron chi connectivity index (χ2n) is 5.70. The Balaban J connectivity index is 2.98. The Bertz CT molecular complexity index is 401. The SMILES string of the molecule is CCCCCC(NCCC)c1c(C)cc(C)cc1OC. The van der Waals surface area contributed by atoms with Crippen LogP contribution in [0, 0.1) is 13.8 Å². The zero-order valence-corrected chi connectivity index (χ0v) is 13.9. The summed E-state index contributed by atoms with van der Waals surface area (Å²) in [7, 11) is 1.78.